The Morgan fingerprint density at radius 2 is 1.96 bits per heavy atom. The lowest BCUT2D eigenvalue weighted by molar-refractivity contribution is 0.238. The van der Waals surface area contributed by atoms with E-state index >= 15 is 0 Å². The summed E-state index contributed by atoms with van der Waals surface area (Å²) in [7, 11) is 0. The van der Waals surface area contributed by atoms with Crippen molar-refractivity contribution in [3.8, 4) is 11.4 Å². The minimum atomic E-state index is -0.326. The van der Waals surface area contributed by atoms with Gasteiger partial charge in [0.05, 0.1) is 17.5 Å². The van der Waals surface area contributed by atoms with Gasteiger partial charge in [-0.2, -0.15) is 0 Å². The molecule has 25 heavy (non-hydrogen) atoms. The first-order valence-corrected chi connectivity index (χ1v) is 8.04. The Morgan fingerprint density at radius 3 is 2.76 bits per heavy atom. The van der Waals surface area contributed by atoms with Crippen molar-refractivity contribution in [3.05, 3.63) is 76.0 Å². The monoisotopic (exact) mass is 337 g/mol. The van der Waals surface area contributed by atoms with Gasteiger partial charge in [-0.3, -0.25) is 19.7 Å². The minimum Gasteiger partial charge on any atom is -0.306 e. The predicted octanol–water partition coefficient (Wildman–Crippen LogP) is 1.92. The molecule has 0 saturated carbocycles. The Labute approximate surface area is 143 Å². The van der Waals surface area contributed by atoms with E-state index in [9.17, 15) is 9.18 Å². The molecule has 6 nitrogen and oxygen atoms in total. The van der Waals surface area contributed by atoms with E-state index in [1.54, 1.807) is 24.7 Å². The maximum absolute atomic E-state index is 13.8. The van der Waals surface area contributed by atoms with Gasteiger partial charge in [0.1, 0.15) is 11.6 Å². The molecule has 1 N–H and O–H groups in total. The van der Waals surface area contributed by atoms with E-state index in [1.807, 2.05) is 17.0 Å². The molecule has 1 aliphatic rings. The van der Waals surface area contributed by atoms with Crippen LogP contribution in [0, 0.1) is 5.82 Å². The molecule has 3 aromatic heterocycles. The Hall–Kier alpha value is -2.93. The van der Waals surface area contributed by atoms with Crippen LogP contribution in [0.5, 0.6) is 0 Å². The number of aromatic nitrogens is 4. The average molecular weight is 337 g/mol. The SMILES string of the molecule is O=c1[nH]c(-c2ccncc2)nc2c1CN(Cc1ccncc1F)CC2. The van der Waals surface area contributed by atoms with E-state index in [2.05, 4.69) is 19.9 Å². The Morgan fingerprint density at radius 1 is 1.16 bits per heavy atom. The zero-order chi connectivity index (χ0) is 17.2. The van der Waals surface area contributed by atoms with Crippen molar-refractivity contribution in [2.24, 2.45) is 0 Å². The fourth-order valence-electron chi connectivity index (χ4n) is 3.04. The number of aromatic amines is 1. The van der Waals surface area contributed by atoms with Crippen LogP contribution in [0.15, 0.2) is 47.8 Å². The van der Waals surface area contributed by atoms with E-state index in [0.717, 1.165) is 17.8 Å². The van der Waals surface area contributed by atoms with E-state index in [0.29, 0.717) is 36.5 Å². The van der Waals surface area contributed by atoms with Crippen LogP contribution in [0.4, 0.5) is 4.39 Å². The Kier molecular flexibility index (Phi) is 4.07. The predicted molar refractivity (Wildman–Crippen MR) is 90.1 cm³/mol. The van der Waals surface area contributed by atoms with Crippen molar-refractivity contribution in [2.75, 3.05) is 6.54 Å². The minimum absolute atomic E-state index is 0.142. The summed E-state index contributed by atoms with van der Waals surface area (Å²) in [5.41, 5.74) is 2.73. The quantitative estimate of drug-likeness (QED) is 0.790. The van der Waals surface area contributed by atoms with Gasteiger partial charge in [0, 0.05) is 55.8 Å². The Bertz CT molecular complexity index is 957. The van der Waals surface area contributed by atoms with E-state index in [4.69, 9.17) is 0 Å². The molecule has 1 aliphatic heterocycles. The number of pyridine rings is 2. The zero-order valence-electron chi connectivity index (χ0n) is 13.4. The van der Waals surface area contributed by atoms with Crippen LogP contribution in [0.3, 0.4) is 0 Å². The van der Waals surface area contributed by atoms with Crippen LogP contribution < -0.4 is 5.56 Å². The van der Waals surface area contributed by atoms with Gasteiger partial charge in [0.15, 0.2) is 0 Å². The standard InChI is InChI=1S/C18H16FN5O/c19-15-9-21-7-3-13(15)10-24-8-4-16-14(11-24)18(25)23-17(22-16)12-1-5-20-6-2-12/h1-3,5-7,9H,4,8,10-11H2,(H,22,23,25). The van der Waals surface area contributed by atoms with Crippen molar-refractivity contribution in [3.63, 3.8) is 0 Å². The zero-order valence-corrected chi connectivity index (χ0v) is 13.4. The van der Waals surface area contributed by atoms with Gasteiger partial charge in [0.2, 0.25) is 0 Å². The summed E-state index contributed by atoms with van der Waals surface area (Å²) in [6, 6.07) is 5.29. The topological polar surface area (TPSA) is 74.8 Å². The molecule has 4 heterocycles. The van der Waals surface area contributed by atoms with Crippen molar-refractivity contribution >= 4 is 0 Å². The largest absolute Gasteiger partial charge is 0.306 e. The third-order valence-corrected chi connectivity index (χ3v) is 4.35. The number of H-pyrrole nitrogens is 1. The van der Waals surface area contributed by atoms with Gasteiger partial charge in [-0.1, -0.05) is 0 Å². The molecule has 126 valence electrons. The maximum Gasteiger partial charge on any atom is 0.255 e. The molecular weight excluding hydrogens is 321 g/mol. The molecule has 0 unspecified atom stereocenters. The first kappa shape index (κ1) is 15.6. The lowest BCUT2D eigenvalue weighted by Gasteiger charge is -2.27. The number of hydrogen-bond acceptors (Lipinski definition) is 5. The van der Waals surface area contributed by atoms with Crippen molar-refractivity contribution in [1.29, 1.82) is 0 Å². The van der Waals surface area contributed by atoms with Crippen LogP contribution in [0.2, 0.25) is 0 Å². The number of rotatable bonds is 3. The fraction of sp³-hybridized carbons (Fsp3) is 0.222. The van der Waals surface area contributed by atoms with Crippen molar-refractivity contribution < 1.29 is 4.39 Å². The molecule has 0 spiro atoms. The highest BCUT2D eigenvalue weighted by Gasteiger charge is 2.22. The second-order valence-corrected chi connectivity index (χ2v) is 6.00. The molecule has 0 amide bonds. The van der Waals surface area contributed by atoms with Crippen LogP contribution in [0.1, 0.15) is 16.8 Å². The molecule has 7 heteroatoms. The first-order chi connectivity index (χ1) is 12.2. The molecule has 4 rings (SSSR count). The average Bonchev–Trinajstić information content (AvgIpc) is 2.65. The van der Waals surface area contributed by atoms with Gasteiger partial charge in [-0.15, -0.1) is 0 Å². The highest BCUT2D eigenvalue weighted by Crippen LogP contribution is 2.20. The normalized spacial score (nSPS) is 14.3. The van der Waals surface area contributed by atoms with Gasteiger partial charge >= 0.3 is 0 Å². The molecule has 3 aromatic rings. The van der Waals surface area contributed by atoms with Gasteiger partial charge in [-0.05, 0) is 18.2 Å². The molecule has 0 bridgehead atoms. The smallest absolute Gasteiger partial charge is 0.255 e. The molecular formula is C18H16FN5O. The van der Waals surface area contributed by atoms with Crippen molar-refractivity contribution in [2.45, 2.75) is 19.5 Å². The summed E-state index contributed by atoms with van der Waals surface area (Å²) in [5.74, 6) is 0.230. The van der Waals surface area contributed by atoms with Crippen LogP contribution >= 0.6 is 0 Å². The summed E-state index contributed by atoms with van der Waals surface area (Å²) in [4.78, 5) is 29.7. The van der Waals surface area contributed by atoms with E-state index in [-0.39, 0.29) is 11.4 Å². The number of hydrogen-bond donors (Lipinski definition) is 1. The van der Waals surface area contributed by atoms with Gasteiger partial charge < -0.3 is 4.98 Å². The van der Waals surface area contributed by atoms with Crippen molar-refractivity contribution in [1.82, 2.24) is 24.8 Å². The van der Waals surface area contributed by atoms with Crippen LogP contribution in [0.25, 0.3) is 11.4 Å². The molecule has 0 atom stereocenters. The van der Waals surface area contributed by atoms with E-state index < -0.39 is 0 Å². The molecule has 0 radical (unpaired) electrons. The lowest BCUT2D eigenvalue weighted by atomic mass is 10.1. The highest BCUT2D eigenvalue weighted by molar-refractivity contribution is 5.54. The number of nitrogens with one attached hydrogen (secondary N) is 1. The highest BCUT2D eigenvalue weighted by atomic mass is 19.1. The third kappa shape index (κ3) is 3.18. The van der Waals surface area contributed by atoms with E-state index in [1.165, 1.54) is 6.20 Å². The summed E-state index contributed by atoms with van der Waals surface area (Å²) in [6.45, 7) is 1.62. The maximum atomic E-state index is 13.8. The molecule has 0 fully saturated rings. The number of halogens is 1. The molecule has 0 saturated heterocycles. The summed E-state index contributed by atoms with van der Waals surface area (Å²) >= 11 is 0. The fourth-order valence-corrected chi connectivity index (χ4v) is 3.04. The summed E-state index contributed by atoms with van der Waals surface area (Å²) in [6.07, 6.45) is 6.78. The second-order valence-electron chi connectivity index (χ2n) is 6.00. The Balaban J connectivity index is 1.60. The molecule has 0 aliphatic carbocycles. The summed E-state index contributed by atoms with van der Waals surface area (Å²) in [5, 5.41) is 0. The van der Waals surface area contributed by atoms with Crippen LogP contribution in [-0.2, 0) is 19.5 Å². The van der Waals surface area contributed by atoms with Gasteiger partial charge in [-0.25, -0.2) is 9.37 Å². The third-order valence-electron chi connectivity index (χ3n) is 4.35. The van der Waals surface area contributed by atoms with Gasteiger partial charge in [0.25, 0.3) is 5.56 Å². The molecule has 0 aromatic carbocycles. The number of fused-ring (bicyclic) bond motifs is 1. The number of nitrogens with zero attached hydrogens (tertiary/aromatic N) is 4. The first-order valence-electron chi connectivity index (χ1n) is 8.04. The second kappa shape index (κ2) is 6.52. The summed E-state index contributed by atoms with van der Waals surface area (Å²) < 4.78 is 13.8. The lowest BCUT2D eigenvalue weighted by Crippen LogP contribution is -2.35. The van der Waals surface area contributed by atoms with Crippen LogP contribution in [-0.4, -0.2) is 31.4 Å².